The van der Waals surface area contributed by atoms with Gasteiger partial charge in [-0.05, 0) is 47.9 Å². The number of rotatable bonds is 3. The summed E-state index contributed by atoms with van der Waals surface area (Å²) < 4.78 is 51.0. The SMILES string of the molecule is Cc1ccc(F)cc1C(NN)c1ccc(C(F)(F)F)cc1. The van der Waals surface area contributed by atoms with E-state index in [-0.39, 0.29) is 0 Å². The second kappa shape index (κ2) is 5.83. The summed E-state index contributed by atoms with van der Waals surface area (Å²) in [5, 5.41) is 0. The molecule has 0 aromatic heterocycles. The first-order chi connectivity index (χ1) is 9.82. The largest absolute Gasteiger partial charge is 0.416 e. The Kier molecular flexibility index (Phi) is 4.29. The van der Waals surface area contributed by atoms with Crippen LogP contribution in [-0.2, 0) is 6.18 Å². The highest BCUT2D eigenvalue weighted by molar-refractivity contribution is 5.38. The maximum Gasteiger partial charge on any atom is 0.416 e. The average Bonchev–Trinajstić information content (AvgIpc) is 2.43. The van der Waals surface area contributed by atoms with Gasteiger partial charge in [0.1, 0.15) is 5.82 Å². The lowest BCUT2D eigenvalue weighted by Crippen LogP contribution is -2.29. The van der Waals surface area contributed by atoms with Gasteiger partial charge in [0.15, 0.2) is 0 Å². The molecule has 0 radical (unpaired) electrons. The minimum atomic E-state index is -4.39. The minimum absolute atomic E-state index is 0.428. The fraction of sp³-hybridized carbons (Fsp3) is 0.200. The van der Waals surface area contributed by atoms with E-state index < -0.39 is 23.6 Å². The van der Waals surface area contributed by atoms with Crippen molar-refractivity contribution in [3.05, 3.63) is 70.5 Å². The first-order valence-corrected chi connectivity index (χ1v) is 6.22. The Morgan fingerprint density at radius 2 is 1.67 bits per heavy atom. The molecule has 2 nitrogen and oxygen atoms in total. The Morgan fingerprint density at radius 3 is 2.19 bits per heavy atom. The first-order valence-electron chi connectivity index (χ1n) is 6.22. The van der Waals surface area contributed by atoms with Gasteiger partial charge in [0.25, 0.3) is 0 Å². The smallest absolute Gasteiger partial charge is 0.271 e. The van der Waals surface area contributed by atoms with Gasteiger partial charge in [-0.1, -0.05) is 18.2 Å². The molecule has 6 heteroatoms. The van der Waals surface area contributed by atoms with Crippen molar-refractivity contribution >= 4 is 0 Å². The molecule has 112 valence electrons. The topological polar surface area (TPSA) is 38.0 Å². The molecular formula is C15H14F4N2. The van der Waals surface area contributed by atoms with Crippen molar-refractivity contribution in [1.29, 1.82) is 0 Å². The fourth-order valence-electron chi connectivity index (χ4n) is 2.15. The molecule has 2 aromatic carbocycles. The van der Waals surface area contributed by atoms with E-state index in [4.69, 9.17) is 5.84 Å². The summed E-state index contributed by atoms with van der Waals surface area (Å²) in [6, 6.07) is 8.27. The Bertz CT molecular complexity index is 621. The van der Waals surface area contributed by atoms with Crippen molar-refractivity contribution in [1.82, 2.24) is 5.43 Å². The van der Waals surface area contributed by atoms with E-state index in [1.165, 1.54) is 24.3 Å². The molecule has 0 aliphatic rings. The van der Waals surface area contributed by atoms with Crippen LogP contribution in [-0.4, -0.2) is 0 Å². The van der Waals surface area contributed by atoms with Crippen molar-refractivity contribution in [2.75, 3.05) is 0 Å². The number of nitrogens with two attached hydrogens (primary N) is 1. The highest BCUT2D eigenvalue weighted by Gasteiger charge is 2.30. The summed E-state index contributed by atoms with van der Waals surface area (Å²) in [7, 11) is 0. The van der Waals surface area contributed by atoms with E-state index in [0.717, 1.165) is 17.7 Å². The van der Waals surface area contributed by atoms with Crippen LogP contribution in [0.25, 0.3) is 0 Å². The molecule has 1 atom stereocenters. The lowest BCUT2D eigenvalue weighted by Gasteiger charge is -2.19. The van der Waals surface area contributed by atoms with E-state index >= 15 is 0 Å². The molecule has 0 spiro atoms. The monoisotopic (exact) mass is 298 g/mol. The van der Waals surface area contributed by atoms with Gasteiger partial charge in [-0.3, -0.25) is 5.84 Å². The third-order valence-electron chi connectivity index (χ3n) is 3.29. The zero-order chi connectivity index (χ0) is 15.6. The van der Waals surface area contributed by atoms with Crippen LogP contribution in [0, 0.1) is 12.7 Å². The molecular weight excluding hydrogens is 284 g/mol. The lowest BCUT2D eigenvalue weighted by atomic mass is 9.94. The lowest BCUT2D eigenvalue weighted by molar-refractivity contribution is -0.137. The highest BCUT2D eigenvalue weighted by atomic mass is 19.4. The zero-order valence-electron chi connectivity index (χ0n) is 11.2. The van der Waals surface area contributed by atoms with Crippen molar-refractivity contribution in [2.24, 2.45) is 5.84 Å². The van der Waals surface area contributed by atoms with Crippen LogP contribution in [0.15, 0.2) is 42.5 Å². The van der Waals surface area contributed by atoms with Gasteiger partial charge in [0, 0.05) is 0 Å². The first kappa shape index (κ1) is 15.5. The maximum absolute atomic E-state index is 13.4. The van der Waals surface area contributed by atoms with Gasteiger partial charge in [-0.15, -0.1) is 0 Å². The van der Waals surface area contributed by atoms with Crippen LogP contribution in [0.5, 0.6) is 0 Å². The van der Waals surface area contributed by atoms with Gasteiger partial charge < -0.3 is 0 Å². The molecule has 2 rings (SSSR count). The van der Waals surface area contributed by atoms with Crippen LogP contribution in [0.2, 0.25) is 0 Å². The average molecular weight is 298 g/mol. The Morgan fingerprint density at radius 1 is 1.05 bits per heavy atom. The van der Waals surface area contributed by atoms with Gasteiger partial charge in [0.2, 0.25) is 0 Å². The fourth-order valence-corrected chi connectivity index (χ4v) is 2.15. The molecule has 0 aliphatic carbocycles. The molecule has 0 bridgehead atoms. The summed E-state index contributed by atoms with van der Waals surface area (Å²) in [5.41, 5.74) is 3.67. The summed E-state index contributed by atoms with van der Waals surface area (Å²) in [5.74, 6) is 5.06. The molecule has 21 heavy (non-hydrogen) atoms. The molecule has 0 fully saturated rings. The van der Waals surface area contributed by atoms with Gasteiger partial charge in [-0.2, -0.15) is 13.2 Å². The van der Waals surface area contributed by atoms with E-state index in [1.54, 1.807) is 13.0 Å². The number of halogens is 4. The van der Waals surface area contributed by atoms with Crippen molar-refractivity contribution in [3.8, 4) is 0 Å². The number of benzene rings is 2. The van der Waals surface area contributed by atoms with Crippen LogP contribution in [0.1, 0.15) is 28.3 Å². The predicted molar refractivity (Wildman–Crippen MR) is 71.7 cm³/mol. The Hall–Kier alpha value is -1.92. The molecule has 1 unspecified atom stereocenters. The molecule has 0 saturated heterocycles. The predicted octanol–water partition coefficient (Wildman–Crippen LogP) is 3.71. The number of hydrogen-bond acceptors (Lipinski definition) is 2. The number of nitrogens with one attached hydrogen (secondary N) is 1. The van der Waals surface area contributed by atoms with Gasteiger partial charge >= 0.3 is 6.18 Å². The Labute approximate surface area is 119 Å². The third kappa shape index (κ3) is 3.40. The second-order valence-electron chi connectivity index (χ2n) is 4.72. The van der Waals surface area contributed by atoms with Gasteiger partial charge in [-0.25, -0.2) is 9.82 Å². The van der Waals surface area contributed by atoms with Gasteiger partial charge in [0.05, 0.1) is 11.6 Å². The molecule has 0 amide bonds. The van der Waals surface area contributed by atoms with Crippen molar-refractivity contribution < 1.29 is 17.6 Å². The summed E-state index contributed by atoms with van der Waals surface area (Å²) in [6.45, 7) is 1.78. The molecule has 0 saturated carbocycles. The van der Waals surface area contributed by atoms with Crippen molar-refractivity contribution in [2.45, 2.75) is 19.1 Å². The Balaban J connectivity index is 2.40. The quantitative estimate of drug-likeness (QED) is 0.515. The van der Waals surface area contributed by atoms with Crippen molar-refractivity contribution in [3.63, 3.8) is 0 Å². The van der Waals surface area contributed by atoms with E-state index in [9.17, 15) is 17.6 Å². The number of hydrazine groups is 1. The zero-order valence-corrected chi connectivity index (χ0v) is 11.2. The van der Waals surface area contributed by atoms with Crippen LogP contribution >= 0.6 is 0 Å². The van der Waals surface area contributed by atoms with E-state index in [2.05, 4.69) is 5.43 Å². The van der Waals surface area contributed by atoms with Crippen LogP contribution in [0.3, 0.4) is 0 Å². The number of alkyl halides is 3. The second-order valence-corrected chi connectivity index (χ2v) is 4.72. The molecule has 2 aromatic rings. The minimum Gasteiger partial charge on any atom is -0.271 e. The standard InChI is InChI=1S/C15H14F4N2/c1-9-2-7-12(16)8-13(9)14(21-20)10-3-5-11(6-4-10)15(17,18)19/h2-8,14,21H,20H2,1H3. The van der Waals surface area contributed by atoms with Crippen LogP contribution in [0.4, 0.5) is 17.6 Å². The third-order valence-corrected chi connectivity index (χ3v) is 3.29. The maximum atomic E-state index is 13.4. The number of hydrogen-bond donors (Lipinski definition) is 2. The normalized spacial score (nSPS) is 13.2. The van der Waals surface area contributed by atoms with Crippen LogP contribution < -0.4 is 11.3 Å². The van der Waals surface area contributed by atoms with E-state index in [1.807, 2.05) is 0 Å². The molecule has 3 N–H and O–H groups in total. The summed E-state index contributed by atoms with van der Waals surface area (Å²) in [4.78, 5) is 0. The molecule has 0 aliphatic heterocycles. The molecule has 0 heterocycles. The summed E-state index contributed by atoms with van der Waals surface area (Å²) >= 11 is 0. The summed E-state index contributed by atoms with van der Waals surface area (Å²) in [6.07, 6.45) is -4.39. The van der Waals surface area contributed by atoms with E-state index in [0.29, 0.717) is 11.1 Å². The highest BCUT2D eigenvalue weighted by Crippen LogP contribution is 2.31. The number of aryl methyl sites for hydroxylation is 1.